The van der Waals surface area contributed by atoms with Crippen molar-refractivity contribution < 1.29 is 32.7 Å². The molecule has 0 aliphatic carbocycles. The summed E-state index contributed by atoms with van der Waals surface area (Å²) in [5.41, 5.74) is 15.4. The number of aryl methyl sites for hydroxylation is 2. The zero-order valence-corrected chi connectivity index (χ0v) is 42.9. The molecule has 0 atom stereocenters. The molecule has 3 nitrogen and oxygen atoms in total. The van der Waals surface area contributed by atoms with Crippen molar-refractivity contribution in [3.63, 3.8) is 0 Å². The van der Waals surface area contributed by atoms with Crippen molar-refractivity contribution in [1.82, 2.24) is 9.97 Å². The SMILES string of the molecule is [2H]C([2H])([2H])c1ccc(-c2[c-]ccc(-c3ccc([Si](C)(C)C)cc3)c2)nc1.[2H]C([2H])([2H])c1cnc(-c2[c-]ccc3c2oc2cc(-c4ccccc4)ccc23)cc1-c1c(C(C)C)cc(-c2ccccc2)cc1C(C)C.[Ir]. The summed E-state index contributed by atoms with van der Waals surface area (Å²) in [7, 11) is -1.30. The third-order valence-electron chi connectivity index (χ3n) is 12.4. The molecule has 341 valence electrons. The minimum absolute atomic E-state index is 0. The van der Waals surface area contributed by atoms with Gasteiger partial charge in [0.15, 0.2) is 0 Å². The molecule has 0 aliphatic heterocycles. The van der Waals surface area contributed by atoms with Crippen LogP contribution in [0.5, 0.6) is 0 Å². The topological polar surface area (TPSA) is 38.9 Å². The molecular weight excluding hydrogens is 1020 g/mol. The Kier molecular flexibility index (Phi) is 12.2. The number of fused-ring (bicyclic) bond motifs is 3. The van der Waals surface area contributed by atoms with Gasteiger partial charge in [-0.1, -0.05) is 191 Å². The second kappa shape index (κ2) is 20.4. The van der Waals surface area contributed by atoms with Crippen LogP contribution in [0.4, 0.5) is 0 Å². The zero-order chi connectivity index (χ0) is 51.8. The van der Waals surface area contributed by atoms with Crippen molar-refractivity contribution in [3.05, 3.63) is 211 Å². The Morgan fingerprint density at radius 2 is 1.16 bits per heavy atom. The molecule has 0 aliphatic rings. The van der Waals surface area contributed by atoms with Crippen LogP contribution in [-0.2, 0) is 20.1 Å². The first-order valence-electron chi connectivity index (χ1n) is 26.0. The van der Waals surface area contributed by atoms with Gasteiger partial charge in [-0.05, 0) is 104 Å². The van der Waals surface area contributed by atoms with E-state index in [1.165, 1.54) is 17.6 Å². The summed E-state index contributed by atoms with van der Waals surface area (Å²) in [6.07, 6.45) is 2.95. The van der Waals surface area contributed by atoms with Gasteiger partial charge in [-0.3, -0.25) is 0 Å². The first kappa shape index (κ1) is 40.6. The molecule has 7 aromatic carbocycles. The molecule has 1 radical (unpaired) electrons. The van der Waals surface area contributed by atoms with E-state index in [1.54, 1.807) is 12.1 Å². The summed E-state index contributed by atoms with van der Waals surface area (Å²) in [5.74, 6) is 0.299. The van der Waals surface area contributed by atoms with E-state index in [9.17, 15) is 0 Å². The number of hydrogen-bond donors (Lipinski definition) is 0. The van der Waals surface area contributed by atoms with Gasteiger partial charge in [0.1, 0.15) is 5.58 Å². The molecular formula is C63H58IrN2OSi-2. The van der Waals surface area contributed by atoms with Gasteiger partial charge in [-0.15, -0.1) is 53.6 Å². The van der Waals surface area contributed by atoms with Gasteiger partial charge >= 0.3 is 0 Å². The normalized spacial score (nSPS) is 13.1. The van der Waals surface area contributed by atoms with E-state index >= 15 is 0 Å². The average Bonchev–Trinajstić information content (AvgIpc) is 3.76. The maximum absolute atomic E-state index is 8.53. The Balaban J connectivity index is 0.000000229. The van der Waals surface area contributed by atoms with Crippen LogP contribution >= 0.6 is 0 Å². The fraction of sp³-hybridized carbons (Fsp3) is 0.175. The van der Waals surface area contributed by atoms with Gasteiger partial charge in [-0.2, -0.15) is 0 Å². The van der Waals surface area contributed by atoms with E-state index in [0.717, 1.165) is 77.7 Å². The van der Waals surface area contributed by atoms with Crippen LogP contribution in [0.3, 0.4) is 0 Å². The summed E-state index contributed by atoms with van der Waals surface area (Å²) in [5, 5.41) is 3.41. The Morgan fingerprint density at radius 3 is 1.78 bits per heavy atom. The maximum atomic E-state index is 8.53. The van der Waals surface area contributed by atoms with Crippen molar-refractivity contribution >= 4 is 35.2 Å². The zero-order valence-electron chi connectivity index (χ0n) is 45.5. The van der Waals surface area contributed by atoms with E-state index in [0.29, 0.717) is 22.4 Å². The molecule has 0 bridgehead atoms. The van der Waals surface area contributed by atoms with Gasteiger partial charge in [0.25, 0.3) is 0 Å². The van der Waals surface area contributed by atoms with Crippen molar-refractivity contribution in [2.75, 3.05) is 0 Å². The summed E-state index contributed by atoms with van der Waals surface area (Å²) >= 11 is 0. The van der Waals surface area contributed by atoms with Gasteiger partial charge < -0.3 is 14.4 Å². The third kappa shape index (κ3) is 10.2. The summed E-state index contributed by atoms with van der Waals surface area (Å²) < 4.78 is 54.5. The van der Waals surface area contributed by atoms with E-state index < -0.39 is 21.8 Å². The largest absolute Gasteiger partial charge is 0.501 e. The van der Waals surface area contributed by atoms with Gasteiger partial charge in [-0.25, -0.2) is 0 Å². The van der Waals surface area contributed by atoms with Crippen LogP contribution in [0, 0.1) is 25.8 Å². The molecule has 3 aromatic heterocycles. The molecule has 3 heterocycles. The number of benzene rings is 7. The predicted molar refractivity (Wildman–Crippen MR) is 287 cm³/mol. The molecule has 0 saturated heterocycles. The van der Waals surface area contributed by atoms with Crippen molar-refractivity contribution in [1.29, 1.82) is 0 Å². The molecule has 0 saturated carbocycles. The smallest absolute Gasteiger partial charge is 0.121 e. The Morgan fingerprint density at radius 1 is 0.544 bits per heavy atom. The first-order valence-corrected chi connectivity index (χ1v) is 26.5. The van der Waals surface area contributed by atoms with Gasteiger partial charge in [0, 0.05) is 46.1 Å². The molecule has 5 heteroatoms. The number of pyridine rings is 2. The van der Waals surface area contributed by atoms with Crippen LogP contribution < -0.4 is 5.19 Å². The van der Waals surface area contributed by atoms with Crippen molar-refractivity contribution in [2.45, 2.75) is 72.9 Å². The summed E-state index contributed by atoms with van der Waals surface area (Å²) in [6, 6.07) is 61.8. The molecule has 0 fully saturated rings. The third-order valence-corrected chi connectivity index (χ3v) is 14.5. The second-order valence-corrected chi connectivity index (χ2v) is 23.9. The summed E-state index contributed by atoms with van der Waals surface area (Å²) in [4.78, 5) is 9.06. The molecule has 68 heavy (non-hydrogen) atoms. The van der Waals surface area contributed by atoms with Gasteiger partial charge in [0.2, 0.25) is 0 Å². The minimum Gasteiger partial charge on any atom is -0.501 e. The van der Waals surface area contributed by atoms with E-state index in [1.807, 2.05) is 72.8 Å². The van der Waals surface area contributed by atoms with Crippen LogP contribution in [0.25, 0.3) is 89.0 Å². The van der Waals surface area contributed by atoms with Crippen LogP contribution in [0.15, 0.2) is 181 Å². The van der Waals surface area contributed by atoms with Gasteiger partial charge in [0.05, 0.1) is 13.7 Å². The van der Waals surface area contributed by atoms with Crippen LogP contribution in [0.1, 0.15) is 70.0 Å². The average molecular weight is 1090 g/mol. The molecule has 0 unspecified atom stereocenters. The molecule has 0 spiro atoms. The summed E-state index contributed by atoms with van der Waals surface area (Å²) in [6.45, 7) is 11.2. The quantitative estimate of drug-likeness (QED) is 0.107. The van der Waals surface area contributed by atoms with E-state index in [2.05, 4.69) is 143 Å². The van der Waals surface area contributed by atoms with Crippen LogP contribution in [-0.4, -0.2) is 18.0 Å². The van der Waals surface area contributed by atoms with E-state index in [-0.39, 0.29) is 43.1 Å². The number of hydrogen-bond acceptors (Lipinski definition) is 3. The number of rotatable bonds is 9. The molecule has 10 rings (SSSR count). The monoisotopic (exact) mass is 1090 g/mol. The maximum Gasteiger partial charge on any atom is 0.121 e. The standard InChI is InChI=1S/C42H36NO.C21H22NSi.Ir/c1-26(2)36-21-32(30-15-10-7-11-16-30)22-37(27(3)4)41(36)38-24-39(43-25-28(38)5)35-18-12-17-34-33-20-19-31(23-40(33)44-42(34)35)29-13-8-6-9-14-29;1-16-8-13-21(22-15-16)19-7-5-6-18(14-19)17-9-11-20(12-10-17)23(2,3)4;/h6-17,19-27H,1-5H3;5-6,8-15H,1-4H3;/q2*-1;/i5D3;1D3;. The van der Waals surface area contributed by atoms with Crippen molar-refractivity contribution in [2.24, 2.45) is 0 Å². The minimum atomic E-state index is -2.36. The predicted octanol–water partition coefficient (Wildman–Crippen LogP) is 17.1. The second-order valence-electron chi connectivity index (χ2n) is 18.8. The van der Waals surface area contributed by atoms with E-state index in [4.69, 9.17) is 17.6 Å². The molecule has 0 amide bonds. The fourth-order valence-electron chi connectivity index (χ4n) is 8.76. The molecule has 0 N–H and O–H groups in total. The number of furan rings is 1. The Bertz CT molecular complexity index is 3460. The molecule has 10 aromatic rings. The Hall–Kier alpha value is -6.49. The fourth-order valence-corrected chi connectivity index (χ4v) is 9.92. The number of aromatic nitrogens is 2. The Labute approximate surface area is 426 Å². The first-order chi connectivity index (χ1) is 34.7. The number of nitrogens with zero attached hydrogens (tertiary/aromatic N) is 2. The van der Waals surface area contributed by atoms with Crippen molar-refractivity contribution in [3.8, 4) is 67.0 Å². The van der Waals surface area contributed by atoms with Crippen LogP contribution in [0.2, 0.25) is 19.6 Å².